The lowest BCUT2D eigenvalue weighted by Crippen LogP contribution is -2.41. The lowest BCUT2D eigenvalue weighted by molar-refractivity contribution is -0.117. The van der Waals surface area contributed by atoms with Gasteiger partial charge in [-0.05, 0) is 18.7 Å². The van der Waals surface area contributed by atoms with Crippen LogP contribution in [0.5, 0.6) is 0 Å². The van der Waals surface area contributed by atoms with E-state index in [9.17, 15) is 9.59 Å². The molecule has 0 fully saturated rings. The number of rotatable bonds is 8. The van der Waals surface area contributed by atoms with E-state index in [2.05, 4.69) is 10.6 Å². The summed E-state index contributed by atoms with van der Waals surface area (Å²) in [5, 5.41) is 4.71. The maximum atomic E-state index is 11.2. The van der Waals surface area contributed by atoms with Gasteiger partial charge in [-0.3, -0.25) is 10.1 Å². The highest BCUT2D eigenvalue weighted by atomic mass is 32.2. The van der Waals surface area contributed by atoms with Gasteiger partial charge in [0.05, 0.1) is 12.4 Å². The number of amides is 3. The monoisotopic (exact) mass is 249 g/mol. The Hall–Kier alpha value is -0.790. The molecule has 0 aliphatic rings. The SMILES string of the molecule is COCCNC(=O)NC(=O)CSCCCN. The van der Waals surface area contributed by atoms with Crippen molar-refractivity contribution in [1.82, 2.24) is 10.6 Å². The molecule has 0 aromatic carbocycles. The summed E-state index contributed by atoms with van der Waals surface area (Å²) in [6.07, 6.45) is 0.873. The first-order valence-corrected chi connectivity index (χ1v) is 6.20. The van der Waals surface area contributed by atoms with Crippen LogP contribution in [0.15, 0.2) is 0 Å². The van der Waals surface area contributed by atoms with E-state index in [4.69, 9.17) is 10.5 Å². The van der Waals surface area contributed by atoms with Crippen LogP contribution in [-0.2, 0) is 9.53 Å². The van der Waals surface area contributed by atoms with Crippen LogP contribution in [0.1, 0.15) is 6.42 Å². The molecule has 4 N–H and O–H groups in total. The first kappa shape index (κ1) is 15.2. The van der Waals surface area contributed by atoms with Gasteiger partial charge in [0.2, 0.25) is 5.91 Å². The van der Waals surface area contributed by atoms with Crippen molar-refractivity contribution in [2.75, 3.05) is 38.3 Å². The van der Waals surface area contributed by atoms with E-state index in [1.54, 1.807) is 7.11 Å². The number of carbonyl (C=O) groups excluding carboxylic acids is 2. The zero-order valence-corrected chi connectivity index (χ0v) is 10.3. The number of thioether (sulfide) groups is 1. The first-order valence-electron chi connectivity index (χ1n) is 5.05. The third-order valence-electron chi connectivity index (χ3n) is 1.57. The molecule has 0 aromatic heterocycles. The molecule has 0 rings (SSSR count). The van der Waals surface area contributed by atoms with E-state index in [-0.39, 0.29) is 11.7 Å². The van der Waals surface area contributed by atoms with Gasteiger partial charge in [-0.1, -0.05) is 0 Å². The third-order valence-corrected chi connectivity index (χ3v) is 2.61. The second kappa shape index (κ2) is 10.7. The molecule has 0 aliphatic heterocycles. The van der Waals surface area contributed by atoms with Gasteiger partial charge in [0.1, 0.15) is 0 Å². The predicted octanol–water partition coefficient (Wildman–Crippen LogP) is -0.459. The number of hydrogen-bond acceptors (Lipinski definition) is 5. The van der Waals surface area contributed by atoms with Crippen LogP contribution in [0.4, 0.5) is 4.79 Å². The predicted molar refractivity (Wildman–Crippen MR) is 64.4 cm³/mol. The molecule has 0 aliphatic carbocycles. The number of nitrogens with two attached hydrogens (primary N) is 1. The molecule has 94 valence electrons. The Morgan fingerprint density at radius 1 is 1.44 bits per heavy atom. The van der Waals surface area contributed by atoms with Gasteiger partial charge in [-0.15, -0.1) is 0 Å². The highest BCUT2D eigenvalue weighted by molar-refractivity contribution is 7.99. The zero-order valence-electron chi connectivity index (χ0n) is 9.45. The van der Waals surface area contributed by atoms with Gasteiger partial charge in [-0.25, -0.2) is 4.79 Å². The summed E-state index contributed by atoms with van der Waals surface area (Å²) >= 11 is 1.46. The number of hydrogen-bond donors (Lipinski definition) is 3. The van der Waals surface area contributed by atoms with Crippen LogP contribution in [0, 0.1) is 0 Å². The van der Waals surface area contributed by atoms with Crippen molar-refractivity contribution in [3.05, 3.63) is 0 Å². The minimum Gasteiger partial charge on any atom is -0.383 e. The molecule has 0 saturated carbocycles. The minimum atomic E-state index is -0.485. The van der Waals surface area contributed by atoms with E-state index in [0.717, 1.165) is 12.2 Å². The lowest BCUT2D eigenvalue weighted by atomic mass is 10.5. The summed E-state index contributed by atoms with van der Waals surface area (Å²) in [6.45, 7) is 1.43. The van der Waals surface area contributed by atoms with E-state index in [0.29, 0.717) is 19.7 Å². The van der Waals surface area contributed by atoms with Gasteiger partial charge in [0, 0.05) is 13.7 Å². The number of nitrogens with one attached hydrogen (secondary N) is 2. The molecule has 0 unspecified atom stereocenters. The highest BCUT2D eigenvalue weighted by Crippen LogP contribution is 2.00. The molecule has 3 amide bonds. The molecule has 0 spiro atoms. The zero-order chi connectivity index (χ0) is 12.2. The average molecular weight is 249 g/mol. The Morgan fingerprint density at radius 2 is 2.19 bits per heavy atom. The molecule has 0 atom stereocenters. The van der Waals surface area contributed by atoms with E-state index >= 15 is 0 Å². The summed E-state index contributed by atoms with van der Waals surface area (Å²) in [4.78, 5) is 22.3. The van der Waals surface area contributed by atoms with E-state index in [1.165, 1.54) is 11.8 Å². The van der Waals surface area contributed by atoms with Crippen molar-refractivity contribution in [2.45, 2.75) is 6.42 Å². The second-order valence-corrected chi connectivity index (χ2v) is 4.10. The number of imide groups is 1. The Balaban J connectivity index is 3.43. The van der Waals surface area contributed by atoms with Crippen molar-refractivity contribution < 1.29 is 14.3 Å². The van der Waals surface area contributed by atoms with Crippen LogP contribution >= 0.6 is 11.8 Å². The molecule has 0 aromatic rings. The molecule has 0 saturated heterocycles. The highest BCUT2D eigenvalue weighted by Gasteiger charge is 2.06. The van der Waals surface area contributed by atoms with Crippen molar-refractivity contribution in [2.24, 2.45) is 5.73 Å². The maximum Gasteiger partial charge on any atom is 0.321 e. The smallest absolute Gasteiger partial charge is 0.321 e. The van der Waals surface area contributed by atoms with Crippen LogP contribution in [-0.4, -0.2) is 50.3 Å². The summed E-state index contributed by atoms with van der Waals surface area (Å²) in [6, 6.07) is -0.485. The normalized spacial score (nSPS) is 9.88. The number of urea groups is 1. The number of ether oxygens (including phenoxy) is 1. The Morgan fingerprint density at radius 3 is 2.81 bits per heavy atom. The Labute approximate surface area is 99.7 Å². The molecular formula is C9H19N3O3S. The third kappa shape index (κ3) is 9.75. The van der Waals surface area contributed by atoms with Gasteiger partial charge in [-0.2, -0.15) is 11.8 Å². The Bertz CT molecular complexity index is 214. The molecule has 0 bridgehead atoms. The minimum absolute atomic E-state index is 0.275. The Kier molecular flexibility index (Phi) is 10.2. The summed E-state index contributed by atoms with van der Waals surface area (Å²) in [5.74, 6) is 0.810. The molecule has 16 heavy (non-hydrogen) atoms. The molecule has 0 heterocycles. The molecule has 7 heteroatoms. The van der Waals surface area contributed by atoms with Crippen molar-refractivity contribution in [3.8, 4) is 0 Å². The standard InChI is InChI=1S/C9H19N3O3S/c1-15-5-4-11-9(14)12-8(13)7-16-6-2-3-10/h2-7,10H2,1H3,(H2,11,12,13,14). The van der Waals surface area contributed by atoms with Gasteiger partial charge < -0.3 is 15.8 Å². The summed E-state index contributed by atoms with van der Waals surface area (Å²) < 4.78 is 4.75. The van der Waals surface area contributed by atoms with Crippen LogP contribution < -0.4 is 16.4 Å². The lowest BCUT2D eigenvalue weighted by Gasteiger charge is -2.05. The van der Waals surface area contributed by atoms with Gasteiger partial charge >= 0.3 is 6.03 Å². The fourth-order valence-corrected chi connectivity index (χ4v) is 1.60. The van der Waals surface area contributed by atoms with Crippen molar-refractivity contribution in [3.63, 3.8) is 0 Å². The van der Waals surface area contributed by atoms with Crippen molar-refractivity contribution >= 4 is 23.7 Å². The summed E-state index contributed by atoms with van der Waals surface area (Å²) in [5.41, 5.74) is 5.30. The van der Waals surface area contributed by atoms with E-state index in [1.807, 2.05) is 0 Å². The molecule has 0 radical (unpaired) electrons. The molecular weight excluding hydrogens is 230 g/mol. The van der Waals surface area contributed by atoms with Crippen LogP contribution in [0.25, 0.3) is 0 Å². The number of carbonyl (C=O) groups is 2. The van der Waals surface area contributed by atoms with E-state index < -0.39 is 6.03 Å². The largest absolute Gasteiger partial charge is 0.383 e. The van der Waals surface area contributed by atoms with Gasteiger partial charge in [0.15, 0.2) is 0 Å². The number of methoxy groups -OCH3 is 1. The summed E-state index contributed by atoms with van der Waals surface area (Å²) in [7, 11) is 1.54. The van der Waals surface area contributed by atoms with Crippen LogP contribution in [0.3, 0.4) is 0 Å². The average Bonchev–Trinajstić information content (AvgIpc) is 2.25. The topological polar surface area (TPSA) is 93.5 Å². The maximum absolute atomic E-state index is 11.2. The van der Waals surface area contributed by atoms with Gasteiger partial charge in [0.25, 0.3) is 0 Å². The second-order valence-electron chi connectivity index (χ2n) is 2.99. The quantitative estimate of drug-likeness (QED) is 0.506. The first-order chi connectivity index (χ1) is 7.70. The fourth-order valence-electron chi connectivity index (χ4n) is 0.824. The van der Waals surface area contributed by atoms with Crippen LogP contribution in [0.2, 0.25) is 0 Å². The van der Waals surface area contributed by atoms with Crippen molar-refractivity contribution in [1.29, 1.82) is 0 Å². The fraction of sp³-hybridized carbons (Fsp3) is 0.778. The molecule has 6 nitrogen and oxygen atoms in total.